The first-order valence-electron chi connectivity index (χ1n) is 8.40. The molecule has 2 aromatic carbocycles. The number of rotatable bonds is 7. The number of nitrogens with zero attached hydrogens (tertiary/aromatic N) is 2. The maximum atomic E-state index is 12.4. The number of halogens is 3. The smallest absolute Gasteiger partial charge is 0.406 e. The highest BCUT2D eigenvalue weighted by molar-refractivity contribution is 6.00. The molecule has 0 saturated carbocycles. The molecule has 150 valence electrons. The summed E-state index contributed by atoms with van der Waals surface area (Å²) in [5.74, 6) is -0.313. The van der Waals surface area contributed by atoms with Gasteiger partial charge in [0.15, 0.2) is 0 Å². The predicted molar refractivity (Wildman–Crippen MR) is 101 cm³/mol. The fourth-order valence-electron chi connectivity index (χ4n) is 2.58. The lowest BCUT2D eigenvalue weighted by molar-refractivity contribution is -0.274. The van der Waals surface area contributed by atoms with Crippen molar-refractivity contribution in [1.82, 2.24) is 0 Å². The van der Waals surface area contributed by atoms with Gasteiger partial charge in [0.2, 0.25) is 0 Å². The van der Waals surface area contributed by atoms with Crippen LogP contribution < -0.4 is 4.74 Å². The van der Waals surface area contributed by atoms with Gasteiger partial charge in [0.25, 0.3) is 0 Å². The highest BCUT2D eigenvalue weighted by Gasteiger charge is 2.31. The second kappa shape index (κ2) is 9.25. The normalized spacial score (nSPS) is 12.7. The van der Waals surface area contributed by atoms with Crippen LogP contribution >= 0.6 is 0 Å². The molecule has 0 spiro atoms. The number of hydrogen-bond acceptors (Lipinski definition) is 5. The zero-order valence-electron chi connectivity index (χ0n) is 16.0. The van der Waals surface area contributed by atoms with E-state index in [-0.39, 0.29) is 12.4 Å². The minimum Gasteiger partial charge on any atom is -0.406 e. The third kappa shape index (κ3) is 6.00. The van der Waals surface area contributed by atoms with Crippen LogP contribution in [-0.4, -0.2) is 24.9 Å². The first kappa shape index (κ1) is 21.3. The summed E-state index contributed by atoms with van der Waals surface area (Å²) in [7, 11) is 1.47. The molecule has 0 fully saturated rings. The number of oxime groups is 2. The van der Waals surface area contributed by atoms with Gasteiger partial charge in [0, 0.05) is 16.7 Å². The Hall–Kier alpha value is -3.03. The maximum Gasteiger partial charge on any atom is 0.573 e. The molecule has 0 aliphatic heterocycles. The summed E-state index contributed by atoms with van der Waals surface area (Å²) in [6.07, 6.45) is -4.75. The molecule has 0 radical (unpaired) electrons. The van der Waals surface area contributed by atoms with E-state index in [1.165, 1.54) is 25.3 Å². The largest absolute Gasteiger partial charge is 0.573 e. The van der Waals surface area contributed by atoms with Crippen molar-refractivity contribution in [2.24, 2.45) is 10.3 Å². The van der Waals surface area contributed by atoms with Crippen LogP contribution in [0.1, 0.15) is 36.1 Å². The van der Waals surface area contributed by atoms with Crippen LogP contribution in [0.5, 0.6) is 5.75 Å². The molecule has 0 N–H and O–H groups in total. The van der Waals surface area contributed by atoms with Crippen LogP contribution in [0, 0.1) is 6.92 Å². The Kier molecular flexibility index (Phi) is 7.03. The van der Waals surface area contributed by atoms with Gasteiger partial charge in [-0.25, -0.2) is 0 Å². The van der Waals surface area contributed by atoms with E-state index in [4.69, 9.17) is 9.68 Å². The maximum absolute atomic E-state index is 12.4. The van der Waals surface area contributed by atoms with Crippen molar-refractivity contribution in [2.45, 2.75) is 33.7 Å². The Labute approximate surface area is 161 Å². The Morgan fingerprint density at radius 1 is 1.00 bits per heavy atom. The minimum atomic E-state index is -4.75. The van der Waals surface area contributed by atoms with Gasteiger partial charge in [0.1, 0.15) is 19.5 Å². The standard InChI is InChI=1S/C20H21F3N2O3/c1-13-7-5-10-18(15(3)24-26-4)19(13)12-27-25-14(2)16-8-6-9-17(11-16)28-20(21,22)23/h5-11H,12H2,1-4H3/b24-15-,25-14+. The molecule has 5 nitrogen and oxygen atoms in total. The number of alkyl halides is 3. The lowest BCUT2D eigenvalue weighted by atomic mass is 10.00. The van der Waals surface area contributed by atoms with E-state index in [0.717, 1.165) is 16.7 Å². The molecule has 0 atom stereocenters. The summed E-state index contributed by atoms with van der Waals surface area (Å²) in [6, 6.07) is 11.3. The van der Waals surface area contributed by atoms with Crippen molar-refractivity contribution >= 4 is 11.4 Å². The lowest BCUT2D eigenvalue weighted by Crippen LogP contribution is -2.17. The van der Waals surface area contributed by atoms with Crippen molar-refractivity contribution in [1.29, 1.82) is 0 Å². The molecular weight excluding hydrogens is 373 g/mol. The van der Waals surface area contributed by atoms with Crippen LogP contribution in [0.2, 0.25) is 0 Å². The van der Waals surface area contributed by atoms with Crippen molar-refractivity contribution < 1.29 is 27.6 Å². The van der Waals surface area contributed by atoms with Crippen LogP contribution in [0.25, 0.3) is 0 Å². The molecule has 2 aromatic rings. The summed E-state index contributed by atoms with van der Waals surface area (Å²) in [5, 5.41) is 7.97. The van der Waals surface area contributed by atoms with E-state index in [0.29, 0.717) is 17.0 Å². The van der Waals surface area contributed by atoms with Crippen LogP contribution in [0.3, 0.4) is 0 Å². The lowest BCUT2D eigenvalue weighted by Gasteiger charge is -2.12. The van der Waals surface area contributed by atoms with Gasteiger partial charge >= 0.3 is 6.36 Å². The summed E-state index contributed by atoms with van der Waals surface area (Å²) in [5.41, 5.74) is 4.34. The Morgan fingerprint density at radius 2 is 1.71 bits per heavy atom. The van der Waals surface area contributed by atoms with E-state index in [9.17, 15) is 13.2 Å². The fourth-order valence-corrected chi connectivity index (χ4v) is 2.58. The van der Waals surface area contributed by atoms with Gasteiger partial charge in [0.05, 0.1) is 11.4 Å². The van der Waals surface area contributed by atoms with Gasteiger partial charge in [-0.3, -0.25) is 0 Å². The highest BCUT2D eigenvalue weighted by Crippen LogP contribution is 2.24. The molecule has 0 amide bonds. The van der Waals surface area contributed by atoms with Gasteiger partial charge < -0.3 is 14.4 Å². The first-order valence-corrected chi connectivity index (χ1v) is 8.40. The van der Waals surface area contributed by atoms with E-state index >= 15 is 0 Å². The van der Waals surface area contributed by atoms with E-state index in [1.54, 1.807) is 13.0 Å². The summed E-state index contributed by atoms with van der Waals surface area (Å²) in [6.45, 7) is 5.58. The monoisotopic (exact) mass is 394 g/mol. The zero-order chi connectivity index (χ0) is 20.7. The highest BCUT2D eigenvalue weighted by atomic mass is 19.4. The average molecular weight is 394 g/mol. The Balaban J connectivity index is 2.15. The summed E-state index contributed by atoms with van der Waals surface area (Å²) >= 11 is 0. The number of hydrogen-bond donors (Lipinski definition) is 0. The summed E-state index contributed by atoms with van der Waals surface area (Å²) in [4.78, 5) is 10.3. The average Bonchev–Trinajstić information content (AvgIpc) is 2.61. The SMILES string of the molecule is CO/N=C(/C)c1cccc(C)c1CO/N=C(\C)c1cccc(OC(F)(F)F)c1. The van der Waals surface area contributed by atoms with Crippen molar-refractivity contribution in [2.75, 3.05) is 7.11 Å². The molecule has 0 aromatic heterocycles. The molecule has 2 rings (SSSR count). The second-order valence-electron chi connectivity index (χ2n) is 5.99. The van der Waals surface area contributed by atoms with Crippen molar-refractivity contribution in [3.05, 3.63) is 64.7 Å². The van der Waals surface area contributed by atoms with Gasteiger partial charge in [-0.2, -0.15) is 0 Å². The summed E-state index contributed by atoms with van der Waals surface area (Å²) < 4.78 is 41.0. The van der Waals surface area contributed by atoms with E-state index < -0.39 is 6.36 Å². The fraction of sp³-hybridized carbons (Fsp3) is 0.300. The molecule has 0 aliphatic carbocycles. The van der Waals surface area contributed by atoms with E-state index in [2.05, 4.69) is 15.0 Å². The number of benzene rings is 2. The van der Waals surface area contributed by atoms with Crippen molar-refractivity contribution in [3.8, 4) is 5.75 Å². The molecule has 28 heavy (non-hydrogen) atoms. The Bertz CT molecular complexity index is 877. The molecule has 0 unspecified atom stereocenters. The van der Waals surface area contributed by atoms with Gasteiger partial charge in [-0.1, -0.05) is 40.6 Å². The number of ether oxygens (including phenoxy) is 1. The third-order valence-electron chi connectivity index (χ3n) is 3.92. The quantitative estimate of drug-likeness (QED) is 0.479. The molecule has 0 bridgehead atoms. The van der Waals surface area contributed by atoms with E-state index in [1.807, 2.05) is 32.0 Å². The molecule has 8 heteroatoms. The second-order valence-corrected chi connectivity index (χ2v) is 5.99. The molecule has 0 aliphatic rings. The molecule has 0 saturated heterocycles. The van der Waals surface area contributed by atoms with Crippen molar-refractivity contribution in [3.63, 3.8) is 0 Å². The topological polar surface area (TPSA) is 52.4 Å². The van der Waals surface area contributed by atoms with Gasteiger partial charge in [-0.15, -0.1) is 13.2 Å². The molecular formula is C20H21F3N2O3. The number of aryl methyl sites for hydroxylation is 1. The zero-order valence-corrected chi connectivity index (χ0v) is 16.0. The third-order valence-corrected chi connectivity index (χ3v) is 3.92. The van der Waals surface area contributed by atoms with Gasteiger partial charge in [-0.05, 0) is 38.5 Å². The molecule has 0 heterocycles. The van der Waals surface area contributed by atoms with Crippen LogP contribution in [-0.2, 0) is 16.3 Å². The Morgan fingerprint density at radius 3 is 2.39 bits per heavy atom. The first-order chi connectivity index (χ1) is 13.2. The minimum absolute atomic E-state index is 0.175. The van der Waals surface area contributed by atoms with Crippen LogP contribution in [0.15, 0.2) is 52.8 Å². The predicted octanol–water partition coefficient (Wildman–Crippen LogP) is 5.20. The van der Waals surface area contributed by atoms with Crippen LogP contribution in [0.4, 0.5) is 13.2 Å².